The smallest absolute Gasteiger partial charge is 0.312 e. The normalized spacial score (nSPS) is 47.1. The van der Waals surface area contributed by atoms with Gasteiger partial charge in [-0.05, 0) is 81.5 Å². The molecule has 0 aromatic heterocycles. The number of hydrogen-bond donors (Lipinski definition) is 1. The highest BCUT2D eigenvalue weighted by Gasteiger charge is 2.63. The van der Waals surface area contributed by atoms with Gasteiger partial charge in [0, 0.05) is 11.6 Å². The van der Waals surface area contributed by atoms with Crippen LogP contribution >= 0.6 is 0 Å². The van der Waals surface area contributed by atoms with Crippen molar-refractivity contribution in [2.45, 2.75) is 79.1 Å². The average molecular weight is 376 g/mol. The second-order valence-corrected chi connectivity index (χ2v) is 10.2. The SMILES string of the molecule is C=C[C@]12CCC3[C@@](C)(CCC[C@@]3(C)C(=O)OCC)C1CC[C@](C)(/C=N/O)C2. The molecule has 0 radical (unpaired) electrons. The first kappa shape index (κ1) is 20.4. The molecule has 0 aliphatic heterocycles. The van der Waals surface area contributed by atoms with Gasteiger partial charge in [0.25, 0.3) is 0 Å². The number of fused-ring (bicyclic) bond motifs is 3. The summed E-state index contributed by atoms with van der Waals surface area (Å²) in [6, 6.07) is 0. The third-order valence-corrected chi connectivity index (χ3v) is 8.62. The Labute approximate surface area is 164 Å². The molecule has 0 heterocycles. The first-order valence-electron chi connectivity index (χ1n) is 10.7. The van der Waals surface area contributed by atoms with E-state index in [0.717, 1.165) is 44.9 Å². The molecule has 6 atom stereocenters. The van der Waals surface area contributed by atoms with Crippen LogP contribution in [0.2, 0.25) is 0 Å². The predicted molar refractivity (Wildman–Crippen MR) is 108 cm³/mol. The van der Waals surface area contributed by atoms with E-state index >= 15 is 0 Å². The zero-order chi connectivity index (χ0) is 19.9. The third kappa shape index (κ3) is 3.03. The van der Waals surface area contributed by atoms with Crippen LogP contribution in [0.3, 0.4) is 0 Å². The van der Waals surface area contributed by atoms with Gasteiger partial charge in [-0.15, -0.1) is 11.7 Å². The highest BCUT2D eigenvalue weighted by Crippen LogP contribution is 2.69. The zero-order valence-electron chi connectivity index (χ0n) is 17.6. The summed E-state index contributed by atoms with van der Waals surface area (Å²) < 4.78 is 5.53. The van der Waals surface area contributed by atoms with E-state index in [9.17, 15) is 4.79 Å². The summed E-state index contributed by atoms with van der Waals surface area (Å²) in [4.78, 5) is 12.9. The van der Waals surface area contributed by atoms with Crippen LogP contribution in [-0.2, 0) is 9.53 Å². The Morgan fingerprint density at radius 1 is 1.19 bits per heavy atom. The molecule has 0 amide bonds. The van der Waals surface area contributed by atoms with Crippen molar-refractivity contribution in [2.24, 2.45) is 38.7 Å². The molecule has 3 fully saturated rings. The minimum absolute atomic E-state index is 0.0000830. The molecule has 1 N–H and O–H groups in total. The molecule has 4 heteroatoms. The summed E-state index contributed by atoms with van der Waals surface area (Å²) in [5, 5.41) is 12.5. The number of hydrogen-bond acceptors (Lipinski definition) is 4. The topological polar surface area (TPSA) is 58.9 Å². The first-order chi connectivity index (χ1) is 12.7. The zero-order valence-corrected chi connectivity index (χ0v) is 17.6. The van der Waals surface area contributed by atoms with Crippen LogP contribution in [-0.4, -0.2) is 24.0 Å². The molecule has 0 saturated heterocycles. The Balaban J connectivity index is 1.97. The summed E-state index contributed by atoms with van der Waals surface area (Å²) in [6.45, 7) is 13.4. The fraction of sp³-hybridized carbons (Fsp3) is 0.826. The second-order valence-electron chi connectivity index (χ2n) is 10.2. The molecule has 0 aromatic rings. The van der Waals surface area contributed by atoms with Crippen molar-refractivity contribution in [3.05, 3.63) is 12.7 Å². The Kier molecular flexibility index (Phi) is 5.24. The van der Waals surface area contributed by atoms with E-state index in [1.165, 1.54) is 6.42 Å². The van der Waals surface area contributed by atoms with E-state index in [0.29, 0.717) is 18.4 Å². The fourth-order valence-electron chi connectivity index (χ4n) is 7.47. The van der Waals surface area contributed by atoms with E-state index in [1.807, 2.05) is 6.92 Å². The minimum atomic E-state index is -0.371. The van der Waals surface area contributed by atoms with Crippen LogP contribution in [0.15, 0.2) is 17.8 Å². The number of nitrogens with zero attached hydrogens (tertiary/aromatic N) is 1. The van der Waals surface area contributed by atoms with Gasteiger partial charge in [-0.1, -0.05) is 26.3 Å². The van der Waals surface area contributed by atoms with Crippen LogP contribution in [0.1, 0.15) is 79.1 Å². The number of carbonyl (C=O) groups excluding carboxylic acids is 1. The standard InChI is InChI=1S/C23H37NO3/c1-6-23-14-10-17-21(4,11-8-12-22(17,5)19(25)27-7-2)18(23)9-13-20(3,15-23)16-24-26/h6,16-18,26H,1,7-15H2,2-5H3/b24-16+/t17?,18?,20-,21+,22+,23+/m0/s1. The van der Waals surface area contributed by atoms with Gasteiger partial charge >= 0.3 is 5.97 Å². The Hall–Kier alpha value is -1.32. The number of carbonyl (C=O) groups is 1. The molecule has 0 aromatic carbocycles. The summed E-state index contributed by atoms with van der Waals surface area (Å²) in [7, 11) is 0. The summed E-state index contributed by atoms with van der Waals surface area (Å²) >= 11 is 0. The quantitative estimate of drug-likeness (QED) is 0.229. The summed E-state index contributed by atoms with van der Waals surface area (Å²) in [6.07, 6.45) is 12.3. The number of oxime groups is 1. The van der Waals surface area contributed by atoms with Crippen molar-refractivity contribution in [1.82, 2.24) is 0 Å². The van der Waals surface area contributed by atoms with Gasteiger partial charge in [-0.3, -0.25) is 4.79 Å². The lowest BCUT2D eigenvalue weighted by Gasteiger charge is -2.65. The highest BCUT2D eigenvalue weighted by atomic mass is 16.5. The van der Waals surface area contributed by atoms with E-state index in [2.05, 4.69) is 38.6 Å². The maximum atomic E-state index is 12.9. The molecule has 0 bridgehead atoms. The Morgan fingerprint density at radius 2 is 1.89 bits per heavy atom. The monoisotopic (exact) mass is 375 g/mol. The molecule has 3 aliphatic rings. The number of ether oxygens (including phenoxy) is 1. The number of esters is 1. The van der Waals surface area contributed by atoms with Crippen molar-refractivity contribution < 1.29 is 14.7 Å². The molecule has 152 valence electrons. The molecule has 3 rings (SSSR count). The third-order valence-electron chi connectivity index (χ3n) is 8.62. The van der Waals surface area contributed by atoms with Crippen LogP contribution < -0.4 is 0 Å². The van der Waals surface area contributed by atoms with Crippen LogP contribution in [0.5, 0.6) is 0 Å². The van der Waals surface area contributed by atoms with E-state index in [-0.39, 0.29) is 27.6 Å². The van der Waals surface area contributed by atoms with Crippen molar-refractivity contribution in [3.63, 3.8) is 0 Å². The Morgan fingerprint density at radius 3 is 2.52 bits per heavy atom. The van der Waals surface area contributed by atoms with Crippen LogP contribution in [0, 0.1) is 33.5 Å². The van der Waals surface area contributed by atoms with Gasteiger partial charge in [0.2, 0.25) is 0 Å². The number of allylic oxidation sites excluding steroid dienone is 1. The first-order valence-corrected chi connectivity index (χ1v) is 10.7. The molecular formula is C23H37NO3. The molecule has 3 aliphatic carbocycles. The van der Waals surface area contributed by atoms with E-state index in [1.54, 1.807) is 6.21 Å². The Bertz CT molecular complexity index is 631. The summed E-state index contributed by atoms with van der Waals surface area (Å²) in [5.41, 5.74) is -0.262. The van der Waals surface area contributed by atoms with Gasteiger partial charge < -0.3 is 9.94 Å². The maximum absolute atomic E-state index is 12.9. The van der Waals surface area contributed by atoms with Crippen molar-refractivity contribution in [2.75, 3.05) is 6.61 Å². The van der Waals surface area contributed by atoms with E-state index in [4.69, 9.17) is 9.94 Å². The fourth-order valence-corrected chi connectivity index (χ4v) is 7.47. The lowest BCUT2D eigenvalue weighted by Crippen LogP contribution is -2.60. The minimum Gasteiger partial charge on any atom is -0.466 e. The molecule has 4 nitrogen and oxygen atoms in total. The number of rotatable bonds is 4. The molecule has 2 unspecified atom stereocenters. The average Bonchev–Trinajstić information content (AvgIpc) is 2.61. The van der Waals surface area contributed by atoms with Gasteiger partial charge in [-0.25, -0.2) is 0 Å². The van der Waals surface area contributed by atoms with Gasteiger partial charge in [0.15, 0.2) is 0 Å². The highest BCUT2D eigenvalue weighted by molar-refractivity contribution is 5.77. The van der Waals surface area contributed by atoms with E-state index < -0.39 is 0 Å². The van der Waals surface area contributed by atoms with Gasteiger partial charge in [-0.2, -0.15) is 0 Å². The van der Waals surface area contributed by atoms with Crippen LogP contribution in [0.25, 0.3) is 0 Å². The van der Waals surface area contributed by atoms with Gasteiger partial charge in [0.1, 0.15) is 0 Å². The van der Waals surface area contributed by atoms with Crippen molar-refractivity contribution in [3.8, 4) is 0 Å². The molecular weight excluding hydrogens is 338 g/mol. The van der Waals surface area contributed by atoms with Gasteiger partial charge in [0.05, 0.1) is 12.0 Å². The molecule has 3 saturated carbocycles. The lowest BCUT2D eigenvalue weighted by atomic mass is 9.39. The predicted octanol–water partition coefficient (Wildman–Crippen LogP) is 5.59. The largest absolute Gasteiger partial charge is 0.466 e. The molecule has 27 heavy (non-hydrogen) atoms. The maximum Gasteiger partial charge on any atom is 0.312 e. The molecule has 0 spiro atoms. The lowest BCUT2D eigenvalue weighted by molar-refractivity contribution is -0.185. The van der Waals surface area contributed by atoms with Crippen molar-refractivity contribution >= 4 is 12.2 Å². The van der Waals surface area contributed by atoms with Crippen molar-refractivity contribution in [1.29, 1.82) is 0 Å². The van der Waals surface area contributed by atoms with Crippen LogP contribution in [0.4, 0.5) is 0 Å². The summed E-state index contributed by atoms with van der Waals surface area (Å²) in [5.74, 6) is 0.891. The second kappa shape index (κ2) is 6.93.